The minimum Gasteiger partial charge on any atom is -0.350 e. The molecule has 4 heteroatoms. The molecule has 2 aromatic rings. The zero-order valence-electron chi connectivity index (χ0n) is 10.1. The lowest BCUT2D eigenvalue weighted by Crippen LogP contribution is -2.26. The summed E-state index contributed by atoms with van der Waals surface area (Å²) in [5.74, 6) is 1.58. The molecule has 4 nitrogen and oxygen atoms in total. The third-order valence-electron chi connectivity index (χ3n) is 3.51. The average Bonchev–Trinajstić information content (AvgIpc) is 2.71. The molecule has 0 radical (unpaired) electrons. The summed E-state index contributed by atoms with van der Waals surface area (Å²) < 4.78 is 1.81. The summed E-state index contributed by atoms with van der Waals surface area (Å²) in [5, 5.41) is 7.88. The van der Waals surface area contributed by atoms with Gasteiger partial charge >= 0.3 is 0 Å². The molecule has 0 saturated heterocycles. The van der Waals surface area contributed by atoms with Crippen molar-refractivity contribution >= 4 is 11.6 Å². The van der Waals surface area contributed by atoms with Gasteiger partial charge in [0.25, 0.3) is 0 Å². The number of nitrogens with zero attached hydrogens (tertiary/aromatic N) is 3. The van der Waals surface area contributed by atoms with Crippen LogP contribution >= 0.6 is 0 Å². The fraction of sp³-hybridized carbons (Fsp3) is 0.538. The number of hydrogen-bond acceptors (Lipinski definition) is 3. The lowest BCUT2D eigenvalue weighted by molar-refractivity contribution is 0.357. The van der Waals surface area contributed by atoms with Crippen LogP contribution in [0.4, 0.5) is 5.95 Å². The maximum atomic E-state index is 4.47. The van der Waals surface area contributed by atoms with E-state index in [9.17, 15) is 0 Å². The van der Waals surface area contributed by atoms with E-state index < -0.39 is 0 Å². The molecule has 1 N–H and O–H groups in total. The molecule has 1 fully saturated rings. The van der Waals surface area contributed by atoms with Crippen molar-refractivity contribution in [1.29, 1.82) is 0 Å². The highest BCUT2D eigenvalue weighted by Crippen LogP contribution is 2.25. The first-order valence-electron chi connectivity index (χ1n) is 6.39. The Bertz CT molecular complexity index is 472. The molecule has 17 heavy (non-hydrogen) atoms. The molecule has 0 spiro atoms. The molecule has 0 bridgehead atoms. The Morgan fingerprint density at radius 2 is 2.29 bits per heavy atom. The average molecular weight is 230 g/mol. The molecule has 1 aliphatic carbocycles. The number of fused-ring (bicyclic) bond motifs is 1. The lowest BCUT2D eigenvalue weighted by atomic mass is 9.87. The fourth-order valence-corrected chi connectivity index (χ4v) is 2.64. The van der Waals surface area contributed by atoms with Gasteiger partial charge in [0, 0.05) is 12.2 Å². The van der Waals surface area contributed by atoms with E-state index in [2.05, 4.69) is 22.3 Å². The Morgan fingerprint density at radius 3 is 3.12 bits per heavy atom. The summed E-state index contributed by atoms with van der Waals surface area (Å²) in [6.07, 6.45) is 7.06. The molecule has 2 atom stereocenters. The van der Waals surface area contributed by atoms with Gasteiger partial charge in [-0.1, -0.05) is 25.8 Å². The van der Waals surface area contributed by atoms with Crippen molar-refractivity contribution in [2.45, 2.75) is 38.6 Å². The predicted octanol–water partition coefficient (Wildman–Crippen LogP) is 2.72. The van der Waals surface area contributed by atoms with E-state index in [1.54, 1.807) is 0 Å². The van der Waals surface area contributed by atoms with Crippen LogP contribution in [-0.2, 0) is 0 Å². The van der Waals surface area contributed by atoms with Crippen LogP contribution in [0.15, 0.2) is 24.4 Å². The Balaban J connectivity index is 1.75. The van der Waals surface area contributed by atoms with E-state index in [4.69, 9.17) is 0 Å². The van der Waals surface area contributed by atoms with Gasteiger partial charge in [-0.25, -0.2) is 4.52 Å². The maximum Gasteiger partial charge on any atom is 0.243 e. The zero-order valence-corrected chi connectivity index (χ0v) is 10.1. The SMILES string of the molecule is CC1CCCC(Nc2nc3ccccn3n2)C1. The van der Waals surface area contributed by atoms with Crippen LogP contribution in [0, 0.1) is 5.92 Å². The van der Waals surface area contributed by atoms with Gasteiger partial charge in [-0.2, -0.15) is 4.98 Å². The van der Waals surface area contributed by atoms with Gasteiger partial charge in [-0.05, 0) is 30.9 Å². The molecule has 2 heterocycles. The monoisotopic (exact) mass is 230 g/mol. The second-order valence-electron chi connectivity index (χ2n) is 5.05. The summed E-state index contributed by atoms with van der Waals surface area (Å²) >= 11 is 0. The van der Waals surface area contributed by atoms with E-state index in [0.29, 0.717) is 6.04 Å². The van der Waals surface area contributed by atoms with Gasteiger partial charge in [-0.3, -0.25) is 0 Å². The molecule has 0 aliphatic heterocycles. The van der Waals surface area contributed by atoms with E-state index >= 15 is 0 Å². The Hall–Kier alpha value is -1.58. The van der Waals surface area contributed by atoms with Crippen molar-refractivity contribution in [2.24, 2.45) is 5.92 Å². The van der Waals surface area contributed by atoms with Crippen molar-refractivity contribution in [2.75, 3.05) is 5.32 Å². The topological polar surface area (TPSA) is 42.2 Å². The first-order chi connectivity index (χ1) is 8.31. The zero-order chi connectivity index (χ0) is 11.7. The van der Waals surface area contributed by atoms with Crippen LogP contribution < -0.4 is 5.32 Å². The standard InChI is InChI=1S/C13H18N4/c1-10-5-4-6-11(9-10)14-13-15-12-7-2-3-8-17(12)16-13/h2-3,7-8,10-11H,4-6,9H2,1H3,(H,14,16). The smallest absolute Gasteiger partial charge is 0.243 e. The lowest BCUT2D eigenvalue weighted by Gasteiger charge is -2.26. The van der Waals surface area contributed by atoms with E-state index in [1.165, 1.54) is 25.7 Å². The Morgan fingerprint density at radius 1 is 1.35 bits per heavy atom. The molecule has 1 saturated carbocycles. The van der Waals surface area contributed by atoms with Crippen LogP contribution in [0.1, 0.15) is 32.6 Å². The maximum absolute atomic E-state index is 4.47. The van der Waals surface area contributed by atoms with E-state index in [0.717, 1.165) is 17.5 Å². The summed E-state index contributed by atoms with van der Waals surface area (Å²) in [6, 6.07) is 6.46. The van der Waals surface area contributed by atoms with Gasteiger partial charge < -0.3 is 5.32 Å². The van der Waals surface area contributed by atoms with Gasteiger partial charge in [0.2, 0.25) is 5.95 Å². The van der Waals surface area contributed by atoms with Crippen LogP contribution in [0.5, 0.6) is 0 Å². The second-order valence-corrected chi connectivity index (χ2v) is 5.05. The fourth-order valence-electron chi connectivity index (χ4n) is 2.64. The predicted molar refractivity (Wildman–Crippen MR) is 68.0 cm³/mol. The van der Waals surface area contributed by atoms with Crippen molar-refractivity contribution in [3.8, 4) is 0 Å². The molecule has 2 unspecified atom stereocenters. The summed E-state index contributed by atoms with van der Waals surface area (Å²) in [6.45, 7) is 2.32. The number of nitrogens with one attached hydrogen (secondary N) is 1. The third kappa shape index (κ3) is 2.25. The molecular weight excluding hydrogens is 212 g/mol. The van der Waals surface area contributed by atoms with Gasteiger partial charge in [0.15, 0.2) is 5.65 Å². The normalized spacial score (nSPS) is 25.0. The largest absolute Gasteiger partial charge is 0.350 e. The van der Waals surface area contributed by atoms with Crippen LogP contribution in [-0.4, -0.2) is 20.6 Å². The summed E-state index contributed by atoms with van der Waals surface area (Å²) in [7, 11) is 0. The Labute approximate surface area is 101 Å². The van der Waals surface area contributed by atoms with Crippen molar-refractivity contribution < 1.29 is 0 Å². The van der Waals surface area contributed by atoms with Gasteiger partial charge in [-0.15, -0.1) is 5.10 Å². The van der Waals surface area contributed by atoms with Gasteiger partial charge in [0.1, 0.15) is 0 Å². The minimum atomic E-state index is 0.538. The number of anilines is 1. The first-order valence-corrected chi connectivity index (χ1v) is 6.39. The number of rotatable bonds is 2. The van der Waals surface area contributed by atoms with Crippen molar-refractivity contribution in [3.05, 3.63) is 24.4 Å². The van der Waals surface area contributed by atoms with Crippen LogP contribution in [0.25, 0.3) is 5.65 Å². The first kappa shape index (κ1) is 10.6. The molecule has 3 rings (SSSR count). The quantitative estimate of drug-likeness (QED) is 0.862. The van der Waals surface area contributed by atoms with Crippen LogP contribution in [0.2, 0.25) is 0 Å². The second kappa shape index (κ2) is 4.35. The third-order valence-corrected chi connectivity index (χ3v) is 3.51. The van der Waals surface area contributed by atoms with Crippen LogP contribution in [0.3, 0.4) is 0 Å². The summed E-state index contributed by atoms with van der Waals surface area (Å²) in [4.78, 5) is 4.47. The van der Waals surface area contributed by atoms with E-state index in [1.807, 2.05) is 28.9 Å². The van der Waals surface area contributed by atoms with E-state index in [-0.39, 0.29) is 0 Å². The minimum absolute atomic E-state index is 0.538. The van der Waals surface area contributed by atoms with Crippen molar-refractivity contribution in [3.63, 3.8) is 0 Å². The molecular formula is C13H18N4. The highest BCUT2D eigenvalue weighted by atomic mass is 15.3. The van der Waals surface area contributed by atoms with Gasteiger partial charge in [0.05, 0.1) is 0 Å². The highest BCUT2D eigenvalue weighted by molar-refractivity contribution is 5.43. The molecule has 90 valence electrons. The molecule has 2 aromatic heterocycles. The molecule has 0 aromatic carbocycles. The van der Waals surface area contributed by atoms with Crippen molar-refractivity contribution in [1.82, 2.24) is 14.6 Å². The number of pyridine rings is 1. The number of aromatic nitrogens is 3. The molecule has 0 amide bonds. The molecule has 1 aliphatic rings. The summed E-state index contributed by atoms with van der Waals surface area (Å²) in [5.41, 5.74) is 0.902. The Kier molecular flexibility index (Phi) is 2.71. The number of hydrogen-bond donors (Lipinski definition) is 1. The highest BCUT2D eigenvalue weighted by Gasteiger charge is 2.19.